The number of phenols is 1. The number of carbonyl (C=O) groups excluding carboxylic acids is 1. The lowest BCUT2D eigenvalue weighted by molar-refractivity contribution is 0.101. The van der Waals surface area contributed by atoms with Gasteiger partial charge in [0.25, 0.3) is 0 Å². The largest absolute Gasteiger partial charge is 0.507 e. The highest BCUT2D eigenvalue weighted by atomic mass is 16.5. The van der Waals surface area contributed by atoms with Crippen LogP contribution in [0.1, 0.15) is 21.5 Å². The normalized spacial score (nSPS) is 17.1. The van der Waals surface area contributed by atoms with Gasteiger partial charge in [0.15, 0.2) is 5.76 Å². The zero-order valence-electron chi connectivity index (χ0n) is 19.6. The lowest BCUT2D eigenvalue weighted by atomic mass is 10.0. The van der Waals surface area contributed by atoms with Crippen molar-refractivity contribution in [2.45, 2.75) is 6.54 Å². The van der Waals surface area contributed by atoms with E-state index in [0.29, 0.717) is 23.4 Å². The molecule has 0 saturated carbocycles. The van der Waals surface area contributed by atoms with Crippen LogP contribution in [0.5, 0.6) is 11.5 Å². The summed E-state index contributed by atoms with van der Waals surface area (Å²) in [6.07, 6.45) is 1.77. The molecular weight excluding hydrogens is 426 g/mol. The second kappa shape index (κ2) is 9.23. The number of nitrogens with zero attached hydrogens (tertiary/aromatic N) is 3. The summed E-state index contributed by atoms with van der Waals surface area (Å²) in [7, 11) is 3.98. The Kier molecular flexibility index (Phi) is 5.99. The number of hydrogen-bond donors (Lipinski definition) is 1. The summed E-state index contributed by atoms with van der Waals surface area (Å²) in [6, 6.07) is 21.6. The van der Waals surface area contributed by atoms with Gasteiger partial charge in [0.1, 0.15) is 11.5 Å². The van der Waals surface area contributed by atoms with Crippen LogP contribution in [0.4, 0.5) is 11.4 Å². The molecule has 6 heteroatoms. The molecule has 3 aromatic carbocycles. The zero-order valence-corrected chi connectivity index (χ0v) is 19.6. The van der Waals surface area contributed by atoms with E-state index in [9.17, 15) is 9.90 Å². The number of aromatic hydroxyl groups is 1. The van der Waals surface area contributed by atoms with Crippen molar-refractivity contribution in [2.24, 2.45) is 0 Å². The Labute approximate surface area is 200 Å². The molecule has 0 aromatic heterocycles. The highest BCUT2D eigenvalue weighted by Gasteiger charge is 2.32. The summed E-state index contributed by atoms with van der Waals surface area (Å²) in [5.41, 5.74) is 4.39. The van der Waals surface area contributed by atoms with Crippen LogP contribution < -0.4 is 14.5 Å². The Morgan fingerprint density at radius 2 is 1.65 bits per heavy atom. The van der Waals surface area contributed by atoms with Crippen molar-refractivity contribution in [2.75, 3.05) is 50.1 Å². The SMILES string of the molecule is CN(C)c1ccc(/C=C2/Oc3c(ccc(O)c3CN3CCN(c4ccccc4)CC3)C2=O)cc1. The molecule has 0 bridgehead atoms. The van der Waals surface area contributed by atoms with E-state index >= 15 is 0 Å². The molecule has 0 amide bonds. The van der Waals surface area contributed by atoms with Crippen LogP contribution in [0.15, 0.2) is 72.5 Å². The average molecular weight is 456 g/mol. The first-order valence-corrected chi connectivity index (χ1v) is 11.6. The molecule has 2 aliphatic rings. The maximum Gasteiger partial charge on any atom is 0.231 e. The number of ether oxygens (including phenoxy) is 1. The Morgan fingerprint density at radius 3 is 2.32 bits per heavy atom. The fourth-order valence-corrected chi connectivity index (χ4v) is 4.50. The van der Waals surface area contributed by atoms with Crippen molar-refractivity contribution in [1.82, 2.24) is 4.90 Å². The second-order valence-electron chi connectivity index (χ2n) is 8.96. The summed E-state index contributed by atoms with van der Waals surface area (Å²) < 4.78 is 6.05. The number of ketones is 1. The van der Waals surface area contributed by atoms with Gasteiger partial charge in [0.05, 0.1) is 11.1 Å². The van der Waals surface area contributed by atoms with Gasteiger partial charge in [-0.15, -0.1) is 0 Å². The molecule has 0 radical (unpaired) electrons. The van der Waals surface area contributed by atoms with E-state index in [0.717, 1.165) is 37.4 Å². The Hall–Kier alpha value is -3.77. The van der Waals surface area contributed by atoms with Gasteiger partial charge in [-0.05, 0) is 48.0 Å². The Morgan fingerprint density at radius 1 is 0.941 bits per heavy atom. The molecule has 0 spiro atoms. The van der Waals surface area contributed by atoms with Gasteiger partial charge in [-0.25, -0.2) is 0 Å². The zero-order chi connectivity index (χ0) is 23.7. The van der Waals surface area contributed by atoms with Crippen LogP contribution in [0.3, 0.4) is 0 Å². The first-order valence-electron chi connectivity index (χ1n) is 11.6. The number of benzene rings is 3. The highest BCUT2D eigenvalue weighted by molar-refractivity contribution is 6.15. The summed E-state index contributed by atoms with van der Waals surface area (Å²) in [5, 5.41) is 10.6. The van der Waals surface area contributed by atoms with Gasteiger partial charge in [0, 0.05) is 58.2 Å². The van der Waals surface area contributed by atoms with Gasteiger partial charge < -0.3 is 19.6 Å². The molecule has 1 fully saturated rings. The maximum absolute atomic E-state index is 13.0. The van der Waals surface area contributed by atoms with Gasteiger partial charge in [-0.2, -0.15) is 0 Å². The van der Waals surface area contributed by atoms with E-state index in [1.165, 1.54) is 5.69 Å². The summed E-state index contributed by atoms with van der Waals surface area (Å²) >= 11 is 0. The van der Waals surface area contributed by atoms with Crippen molar-refractivity contribution in [3.05, 3.63) is 89.2 Å². The first-order chi connectivity index (χ1) is 16.5. The fraction of sp³-hybridized carbons (Fsp3) is 0.250. The molecule has 5 rings (SSSR count). The van der Waals surface area contributed by atoms with E-state index in [1.807, 2.05) is 49.3 Å². The third-order valence-electron chi connectivity index (χ3n) is 6.50. The van der Waals surface area contributed by atoms with Gasteiger partial charge in [-0.1, -0.05) is 30.3 Å². The molecule has 2 aliphatic heterocycles. The smallest absolute Gasteiger partial charge is 0.231 e. The van der Waals surface area contributed by atoms with Crippen molar-refractivity contribution in [3.8, 4) is 11.5 Å². The Balaban J connectivity index is 1.32. The van der Waals surface area contributed by atoms with Crippen LogP contribution in [0.2, 0.25) is 0 Å². The molecule has 0 aliphatic carbocycles. The van der Waals surface area contributed by atoms with Crippen molar-refractivity contribution in [3.63, 3.8) is 0 Å². The van der Waals surface area contributed by atoms with Crippen LogP contribution in [0, 0.1) is 0 Å². The maximum atomic E-state index is 13.0. The van der Waals surface area contributed by atoms with E-state index in [4.69, 9.17) is 4.74 Å². The molecule has 1 saturated heterocycles. The van der Waals surface area contributed by atoms with E-state index in [-0.39, 0.29) is 17.3 Å². The molecule has 0 atom stereocenters. The Bertz CT molecular complexity index is 1210. The molecule has 3 aromatic rings. The number of Topliss-reactive ketones (excluding diaryl/α,β-unsaturated/α-hetero) is 1. The second-order valence-corrected chi connectivity index (χ2v) is 8.96. The quantitative estimate of drug-likeness (QED) is 0.576. The number of para-hydroxylation sites is 1. The molecule has 1 N–H and O–H groups in total. The van der Waals surface area contributed by atoms with Crippen molar-refractivity contribution >= 4 is 23.2 Å². The summed E-state index contributed by atoms with van der Waals surface area (Å²) in [5.74, 6) is 0.774. The van der Waals surface area contributed by atoms with Gasteiger partial charge >= 0.3 is 0 Å². The monoisotopic (exact) mass is 455 g/mol. The predicted molar refractivity (Wildman–Crippen MR) is 136 cm³/mol. The minimum Gasteiger partial charge on any atom is -0.507 e. The number of rotatable bonds is 5. The number of phenolic OH excluding ortho intramolecular Hbond substituents is 1. The van der Waals surface area contributed by atoms with Crippen molar-refractivity contribution < 1.29 is 14.6 Å². The number of fused-ring (bicyclic) bond motifs is 1. The number of allylic oxidation sites excluding steroid dienone is 1. The van der Waals surface area contributed by atoms with Crippen molar-refractivity contribution in [1.29, 1.82) is 0 Å². The molecule has 6 nitrogen and oxygen atoms in total. The van der Waals surface area contributed by atoms with Crippen LogP contribution in [-0.2, 0) is 6.54 Å². The number of hydrogen-bond acceptors (Lipinski definition) is 6. The third kappa shape index (κ3) is 4.37. The lowest BCUT2D eigenvalue weighted by Gasteiger charge is -2.36. The molecule has 34 heavy (non-hydrogen) atoms. The van der Waals surface area contributed by atoms with Crippen LogP contribution >= 0.6 is 0 Å². The van der Waals surface area contributed by atoms with Gasteiger partial charge in [-0.3, -0.25) is 9.69 Å². The predicted octanol–water partition coefficient (Wildman–Crippen LogP) is 4.40. The molecule has 0 unspecified atom stereocenters. The van der Waals surface area contributed by atoms with Crippen LogP contribution in [-0.4, -0.2) is 56.1 Å². The average Bonchev–Trinajstić information content (AvgIpc) is 3.17. The molecule has 2 heterocycles. The first kappa shape index (κ1) is 22.0. The summed E-state index contributed by atoms with van der Waals surface area (Å²) in [6.45, 7) is 4.09. The minimum absolute atomic E-state index is 0.151. The number of piperazine rings is 1. The van der Waals surface area contributed by atoms with E-state index < -0.39 is 0 Å². The molecular formula is C28H29N3O3. The molecule has 174 valence electrons. The van der Waals surface area contributed by atoms with Gasteiger partial charge in [0.2, 0.25) is 5.78 Å². The highest BCUT2D eigenvalue weighted by Crippen LogP contribution is 2.40. The number of carbonyl (C=O) groups is 1. The third-order valence-corrected chi connectivity index (χ3v) is 6.50. The number of anilines is 2. The fourth-order valence-electron chi connectivity index (χ4n) is 4.50. The topological polar surface area (TPSA) is 56.3 Å². The standard InChI is InChI=1S/C28H29N3O3/c1-29(2)21-10-8-20(9-11-21)18-26-27(33)23-12-13-25(32)24(28(23)34-26)19-30-14-16-31(17-15-30)22-6-4-3-5-7-22/h3-13,18,32H,14-17,19H2,1-2H3/b26-18+. The minimum atomic E-state index is -0.151. The van der Waals surface area contributed by atoms with E-state index in [2.05, 4.69) is 34.1 Å². The van der Waals surface area contributed by atoms with E-state index in [1.54, 1.807) is 18.2 Å². The lowest BCUT2D eigenvalue weighted by Crippen LogP contribution is -2.46. The van der Waals surface area contributed by atoms with Crippen LogP contribution in [0.25, 0.3) is 6.08 Å². The summed E-state index contributed by atoms with van der Waals surface area (Å²) in [4.78, 5) is 19.7.